The predicted octanol–water partition coefficient (Wildman–Crippen LogP) is 5.60. The van der Waals surface area contributed by atoms with Gasteiger partial charge < -0.3 is 9.69 Å². The third-order valence-corrected chi connectivity index (χ3v) is 6.20. The zero-order chi connectivity index (χ0) is 19.5. The van der Waals surface area contributed by atoms with E-state index in [1.165, 1.54) is 83.0 Å². The van der Waals surface area contributed by atoms with Crippen LogP contribution in [0, 0.1) is 5.92 Å². The Balaban J connectivity index is 0.000000596. The molecular weight excluding hydrogens is 334 g/mol. The molecule has 27 heavy (non-hydrogen) atoms. The van der Waals surface area contributed by atoms with Gasteiger partial charge in [0.05, 0.1) is 12.2 Å². The van der Waals surface area contributed by atoms with Crippen molar-refractivity contribution >= 4 is 6.29 Å². The number of carbonyl (C=O) groups is 1. The molecule has 1 aliphatic heterocycles. The van der Waals surface area contributed by atoms with Crippen molar-refractivity contribution in [3.8, 4) is 0 Å². The van der Waals surface area contributed by atoms with E-state index in [1.807, 2.05) is 6.92 Å². The fourth-order valence-electron chi connectivity index (χ4n) is 4.34. The Morgan fingerprint density at radius 2 is 1.81 bits per heavy atom. The molecule has 4 nitrogen and oxygen atoms in total. The molecule has 2 heterocycles. The first-order valence-electron chi connectivity index (χ1n) is 11.3. The summed E-state index contributed by atoms with van der Waals surface area (Å²) in [6.07, 6.45) is 18.7. The number of likely N-dealkylation sites (tertiary alicyclic amines) is 1. The Kier molecular flexibility index (Phi) is 10.1. The molecule has 3 rings (SSSR count). The van der Waals surface area contributed by atoms with Gasteiger partial charge in [-0.15, -0.1) is 0 Å². The van der Waals surface area contributed by atoms with Crippen LogP contribution in [0.1, 0.15) is 103 Å². The normalized spacial score (nSPS) is 19.7. The van der Waals surface area contributed by atoms with Crippen molar-refractivity contribution in [2.75, 3.05) is 19.6 Å². The summed E-state index contributed by atoms with van der Waals surface area (Å²) >= 11 is 0. The van der Waals surface area contributed by atoms with Crippen LogP contribution < -0.4 is 0 Å². The Hall–Kier alpha value is -1.16. The minimum atomic E-state index is 0.587. The van der Waals surface area contributed by atoms with Crippen LogP contribution in [0.4, 0.5) is 0 Å². The maximum atomic E-state index is 9.17. The number of aromatic nitrogens is 2. The number of piperidine rings is 1. The second kappa shape index (κ2) is 12.3. The van der Waals surface area contributed by atoms with E-state index >= 15 is 0 Å². The SMILES string of the molecule is CC(C)c1cnn(C2CCN(CCCC3CCCCC3)CC2)c1.CCC=O. The maximum absolute atomic E-state index is 9.17. The van der Waals surface area contributed by atoms with Gasteiger partial charge in [0, 0.05) is 25.7 Å². The highest BCUT2D eigenvalue weighted by molar-refractivity contribution is 5.48. The summed E-state index contributed by atoms with van der Waals surface area (Å²) in [6, 6.07) is 0.622. The molecule has 2 fully saturated rings. The topological polar surface area (TPSA) is 38.1 Å². The Bertz CT molecular complexity index is 511. The minimum Gasteiger partial charge on any atom is -0.303 e. The monoisotopic (exact) mass is 375 g/mol. The van der Waals surface area contributed by atoms with Crippen molar-refractivity contribution in [3.05, 3.63) is 18.0 Å². The van der Waals surface area contributed by atoms with Crippen LogP contribution in [0.5, 0.6) is 0 Å². The summed E-state index contributed by atoms with van der Waals surface area (Å²) in [5.41, 5.74) is 1.37. The zero-order valence-corrected chi connectivity index (χ0v) is 17.9. The zero-order valence-electron chi connectivity index (χ0n) is 17.9. The van der Waals surface area contributed by atoms with E-state index in [2.05, 4.69) is 40.9 Å². The van der Waals surface area contributed by atoms with Gasteiger partial charge in [0.1, 0.15) is 6.29 Å². The fraction of sp³-hybridized carbons (Fsp3) is 0.826. The van der Waals surface area contributed by atoms with Crippen LogP contribution in [-0.2, 0) is 4.79 Å². The number of hydrogen-bond acceptors (Lipinski definition) is 3. The lowest BCUT2D eigenvalue weighted by Crippen LogP contribution is -2.35. The molecule has 1 saturated heterocycles. The molecule has 0 radical (unpaired) electrons. The van der Waals surface area contributed by atoms with Crippen molar-refractivity contribution in [1.82, 2.24) is 14.7 Å². The highest BCUT2D eigenvalue weighted by Gasteiger charge is 2.21. The number of rotatable bonds is 7. The predicted molar refractivity (Wildman–Crippen MR) is 113 cm³/mol. The summed E-state index contributed by atoms with van der Waals surface area (Å²) in [5, 5.41) is 4.61. The molecular formula is C23H41N3O. The van der Waals surface area contributed by atoms with Crippen LogP contribution >= 0.6 is 0 Å². The average molecular weight is 376 g/mol. The molecule has 1 aromatic heterocycles. The van der Waals surface area contributed by atoms with Crippen LogP contribution in [-0.4, -0.2) is 40.6 Å². The molecule has 0 spiro atoms. The van der Waals surface area contributed by atoms with Gasteiger partial charge in [-0.2, -0.15) is 5.10 Å². The Morgan fingerprint density at radius 3 is 2.37 bits per heavy atom. The van der Waals surface area contributed by atoms with Crippen molar-refractivity contribution in [2.24, 2.45) is 5.92 Å². The molecule has 0 N–H and O–H groups in total. The molecule has 0 bridgehead atoms. The van der Waals surface area contributed by atoms with Crippen LogP contribution in [0.15, 0.2) is 12.4 Å². The van der Waals surface area contributed by atoms with E-state index in [9.17, 15) is 4.79 Å². The smallest absolute Gasteiger partial charge is 0.119 e. The molecule has 1 saturated carbocycles. The number of carbonyl (C=O) groups excluding carboxylic acids is 1. The molecule has 2 aliphatic rings. The van der Waals surface area contributed by atoms with Crippen LogP contribution in [0.2, 0.25) is 0 Å². The third kappa shape index (κ3) is 7.77. The molecule has 0 amide bonds. The summed E-state index contributed by atoms with van der Waals surface area (Å²) < 4.78 is 2.23. The van der Waals surface area contributed by atoms with Gasteiger partial charge in [-0.3, -0.25) is 4.68 Å². The van der Waals surface area contributed by atoms with Gasteiger partial charge in [0.25, 0.3) is 0 Å². The van der Waals surface area contributed by atoms with Gasteiger partial charge in [0.15, 0.2) is 0 Å². The first kappa shape index (κ1) is 22.1. The molecule has 1 aromatic rings. The highest BCUT2D eigenvalue weighted by Crippen LogP contribution is 2.28. The van der Waals surface area contributed by atoms with Crippen molar-refractivity contribution < 1.29 is 4.79 Å². The molecule has 4 heteroatoms. The number of aldehydes is 1. The fourth-order valence-corrected chi connectivity index (χ4v) is 4.34. The standard InChI is InChI=1S/C20H35N3.C3H6O/c1-17(2)19-15-21-23(16-19)20-10-13-22(14-11-20)12-6-9-18-7-4-3-5-8-18;1-2-3-4/h15-18,20H,3-14H2,1-2H3;3H,2H2,1H3. The second-order valence-electron chi connectivity index (χ2n) is 8.70. The van der Waals surface area contributed by atoms with E-state index in [0.717, 1.165) is 12.2 Å². The summed E-state index contributed by atoms with van der Waals surface area (Å²) in [4.78, 5) is 11.9. The molecule has 0 unspecified atom stereocenters. The van der Waals surface area contributed by atoms with Gasteiger partial charge in [-0.25, -0.2) is 0 Å². The largest absolute Gasteiger partial charge is 0.303 e. The average Bonchev–Trinajstić information content (AvgIpc) is 3.20. The van der Waals surface area contributed by atoms with Crippen molar-refractivity contribution in [2.45, 2.75) is 96.9 Å². The third-order valence-electron chi connectivity index (χ3n) is 6.20. The molecule has 1 aliphatic carbocycles. The number of nitrogens with zero attached hydrogens (tertiary/aromatic N) is 3. The molecule has 154 valence electrons. The van der Waals surface area contributed by atoms with Crippen molar-refractivity contribution in [3.63, 3.8) is 0 Å². The van der Waals surface area contributed by atoms with E-state index in [4.69, 9.17) is 0 Å². The maximum Gasteiger partial charge on any atom is 0.119 e. The van der Waals surface area contributed by atoms with Crippen LogP contribution in [0.3, 0.4) is 0 Å². The van der Waals surface area contributed by atoms with E-state index in [1.54, 1.807) is 0 Å². The van der Waals surface area contributed by atoms with Gasteiger partial charge >= 0.3 is 0 Å². The van der Waals surface area contributed by atoms with Crippen molar-refractivity contribution in [1.29, 1.82) is 0 Å². The lowest BCUT2D eigenvalue weighted by Gasteiger charge is -2.32. The summed E-state index contributed by atoms with van der Waals surface area (Å²) in [6.45, 7) is 10.1. The Labute approximate surface area is 166 Å². The first-order chi connectivity index (χ1) is 13.1. The van der Waals surface area contributed by atoms with Crippen LogP contribution in [0.25, 0.3) is 0 Å². The van der Waals surface area contributed by atoms with E-state index in [-0.39, 0.29) is 0 Å². The van der Waals surface area contributed by atoms with Gasteiger partial charge in [0.2, 0.25) is 0 Å². The lowest BCUT2D eigenvalue weighted by atomic mass is 9.86. The Morgan fingerprint density at radius 1 is 1.15 bits per heavy atom. The number of hydrogen-bond donors (Lipinski definition) is 0. The summed E-state index contributed by atoms with van der Waals surface area (Å²) in [5.74, 6) is 1.63. The quantitative estimate of drug-likeness (QED) is 0.582. The van der Waals surface area contributed by atoms with Gasteiger partial charge in [-0.05, 0) is 49.6 Å². The van der Waals surface area contributed by atoms with E-state index < -0.39 is 0 Å². The summed E-state index contributed by atoms with van der Waals surface area (Å²) in [7, 11) is 0. The van der Waals surface area contributed by atoms with E-state index in [0.29, 0.717) is 18.4 Å². The first-order valence-corrected chi connectivity index (χ1v) is 11.3. The highest BCUT2D eigenvalue weighted by atomic mass is 16.1. The second-order valence-corrected chi connectivity index (χ2v) is 8.70. The molecule has 0 atom stereocenters. The molecule has 0 aromatic carbocycles. The van der Waals surface area contributed by atoms with Gasteiger partial charge in [-0.1, -0.05) is 52.9 Å². The minimum absolute atomic E-state index is 0.587. The lowest BCUT2D eigenvalue weighted by molar-refractivity contribution is -0.107.